The minimum Gasteiger partial charge on any atom is -0.465 e. The first-order valence-electron chi connectivity index (χ1n) is 11.2. The summed E-state index contributed by atoms with van der Waals surface area (Å²) >= 11 is 0.804. The molecular formula is C27H25N3O5S. The zero-order valence-corrected chi connectivity index (χ0v) is 21.1. The predicted molar refractivity (Wildman–Crippen MR) is 139 cm³/mol. The average molecular weight is 504 g/mol. The van der Waals surface area contributed by atoms with Crippen LogP contribution in [-0.4, -0.2) is 46.1 Å². The van der Waals surface area contributed by atoms with Gasteiger partial charge in [-0.05, 0) is 80.6 Å². The molecule has 2 heterocycles. The van der Waals surface area contributed by atoms with Gasteiger partial charge >= 0.3 is 5.97 Å². The van der Waals surface area contributed by atoms with Crippen LogP contribution in [0.4, 0.5) is 10.5 Å². The molecule has 1 fully saturated rings. The Hall–Kier alpha value is -4.11. The van der Waals surface area contributed by atoms with E-state index in [0.29, 0.717) is 11.3 Å². The van der Waals surface area contributed by atoms with Crippen LogP contribution in [0.5, 0.6) is 0 Å². The highest BCUT2D eigenvalue weighted by Crippen LogP contribution is 2.33. The van der Waals surface area contributed by atoms with Gasteiger partial charge in [-0.3, -0.25) is 19.3 Å². The molecule has 1 N–H and O–H groups in total. The van der Waals surface area contributed by atoms with Gasteiger partial charge in [0.25, 0.3) is 11.1 Å². The van der Waals surface area contributed by atoms with Crippen molar-refractivity contribution >= 4 is 46.5 Å². The van der Waals surface area contributed by atoms with Crippen molar-refractivity contribution in [2.75, 3.05) is 19.0 Å². The summed E-state index contributed by atoms with van der Waals surface area (Å²) < 4.78 is 6.77. The summed E-state index contributed by atoms with van der Waals surface area (Å²) in [7, 11) is 1.33. The summed E-state index contributed by atoms with van der Waals surface area (Å²) in [6.45, 7) is 5.38. The number of esters is 1. The third kappa shape index (κ3) is 5.11. The zero-order valence-electron chi connectivity index (χ0n) is 20.3. The molecule has 8 nitrogen and oxygen atoms in total. The number of ether oxygens (including phenoxy) is 1. The Balaban J connectivity index is 1.54. The fourth-order valence-corrected chi connectivity index (χ4v) is 4.81. The van der Waals surface area contributed by atoms with Gasteiger partial charge in [0.05, 0.1) is 17.6 Å². The van der Waals surface area contributed by atoms with Crippen LogP contribution in [0.3, 0.4) is 0 Å². The first-order valence-corrected chi connectivity index (χ1v) is 12.0. The standard InChI is InChI=1S/C27H25N3O5S/c1-16-8-10-21(11-9-16)28-24(31)15-29-25(32)23(36-27(29)34)14-20-12-17(2)30(18(20)3)22-7-5-6-19(13-22)26(33)35-4/h5-14H,15H2,1-4H3,(H,28,31)/b23-14-. The van der Waals surface area contributed by atoms with Gasteiger partial charge in [0, 0.05) is 22.8 Å². The van der Waals surface area contributed by atoms with Crippen LogP contribution in [0.25, 0.3) is 11.8 Å². The van der Waals surface area contributed by atoms with Gasteiger partial charge in [0.1, 0.15) is 6.54 Å². The molecule has 0 bridgehead atoms. The largest absolute Gasteiger partial charge is 0.465 e. The highest BCUT2D eigenvalue weighted by molar-refractivity contribution is 8.18. The first-order chi connectivity index (χ1) is 17.2. The molecule has 1 saturated heterocycles. The fraction of sp³-hybridized carbons (Fsp3) is 0.185. The number of anilines is 1. The van der Waals surface area contributed by atoms with Crippen molar-refractivity contribution in [3.63, 3.8) is 0 Å². The molecule has 3 amide bonds. The minimum absolute atomic E-state index is 0.242. The number of nitrogens with one attached hydrogen (secondary N) is 1. The van der Waals surface area contributed by atoms with E-state index >= 15 is 0 Å². The van der Waals surface area contributed by atoms with Crippen LogP contribution in [0, 0.1) is 20.8 Å². The van der Waals surface area contributed by atoms with Crippen LogP contribution < -0.4 is 5.32 Å². The summed E-state index contributed by atoms with van der Waals surface area (Å²) in [5, 5.41) is 2.21. The molecule has 184 valence electrons. The predicted octanol–water partition coefficient (Wildman–Crippen LogP) is 4.86. The number of hydrogen-bond donors (Lipinski definition) is 1. The average Bonchev–Trinajstić information content (AvgIpc) is 3.28. The number of carbonyl (C=O) groups is 4. The third-order valence-corrected chi connectivity index (χ3v) is 6.70. The number of hydrogen-bond acceptors (Lipinski definition) is 6. The van der Waals surface area contributed by atoms with Crippen molar-refractivity contribution in [3.05, 3.63) is 87.6 Å². The van der Waals surface area contributed by atoms with Crippen molar-refractivity contribution in [1.29, 1.82) is 0 Å². The van der Waals surface area contributed by atoms with E-state index in [1.54, 1.807) is 36.4 Å². The first kappa shape index (κ1) is 25.0. The number of carbonyl (C=O) groups excluding carboxylic acids is 4. The second-order valence-electron chi connectivity index (χ2n) is 8.39. The van der Waals surface area contributed by atoms with Gasteiger partial charge in [-0.2, -0.15) is 0 Å². The lowest BCUT2D eigenvalue weighted by Gasteiger charge is -2.12. The van der Waals surface area contributed by atoms with E-state index in [1.165, 1.54) is 7.11 Å². The van der Waals surface area contributed by atoms with E-state index < -0.39 is 23.0 Å². The Morgan fingerprint density at radius 1 is 1.03 bits per heavy atom. The Labute approximate surface area is 212 Å². The summed E-state index contributed by atoms with van der Waals surface area (Å²) in [5.41, 5.74) is 5.32. The number of rotatable bonds is 6. The maximum atomic E-state index is 13.0. The van der Waals surface area contributed by atoms with Gasteiger partial charge in [0.15, 0.2) is 0 Å². The van der Waals surface area contributed by atoms with Gasteiger partial charge in [0.2, 0.25) is 5.91 Å². The molecular weight excluding hydrogens is 478 g/mol. The molecule has 1 aliphatic heterocycles. The second kappa shape index (κ2) is 10.2. The summed E-state index contributed by atoms with van der Waals surface area (Å²) in [6, 6.07) is 16.2. The molecule has 0 radical (unpaired) electrons. The maximum Gasteiger partial charge on any atom is 0.337 e. The maximum absolute atomic E-state index is 13.0. The normalized spacial score (nSPS) is 14.4. The zero-order chi connectivity index (χ0) is 26.0. The Morgan fingerprint density at radius 2 is 1.75 bits per heavy atom. The topological polar surface area (TPSA) is 97.7 Å². The lowest BCUT2D eigenvalue weighted by Crippen LogP contribution is -2.36. The van der Waals surface area contributed by atoms with E-state index in [1.807, 2.05) is 49.6 Å². The third-order valence-electron chi connectivity index (χ3n) is 5.79. The molecule has 36 heavy (non-hydrogen) atoms. The quantitative estimate of drug-likeness (QED) is 0.381. The number of aromatic nitrogens is 1. The SMILES string of the molecule is COC(=O)c1cccc(-n2c(C)cc(/C=C3\SC(=O)N(CC(=O)Nc4ccc(C)cc4)C3=O)c2C)c1. The number of aryl methyl sites for hydroxylation is 2. The van der Waals surface area contributed by atoms with Crippen molar-refractivity contribution in [2.45, 2.75) is 20.8 Å². The number of imide groups is 1. The molecule has 0 spiro atoms. The molecule has 3 aromatic rings. The Bertz CT molecular complexity index is 1410. The van der Waals surface area contributed by atoms with Crippen LogP contribution in [-0.2, 0) is 14.3 Å². The number of methoxy groups -OCH3 is 1. The van der Waals surface area contributed by atoms with E-state index in [-0.39, 0.29) is 11.4 Å². The monoisotopic (exact) mass is 503 g/mol. The molecule has 9 heteroatoms. The van der Waals surface area contributed by atoms with Crippen molar-refractivity contribution in [1.82, 2.24) is 9.47 Å². The highest BCUT2D eigenvalue weighted by atomic mass is 32.2. The van der Waals surface area contributed by atoms with Gasteiger partial charge < -0.3 is 14.6 Å². The van der Waals surface area contributed by atoms with Crippen molar-refractivity contribution < 1.29 is 23.9 Å². The lowest BCUT2D eigenvalue weighted by atomic mass is 10.2. The molecule has 0 atom stereocenters. The van der Waals surface area contributed by atoms with Gasteiger partial charge in [-0.1, -0.05) is 23.8 Å². The van der Waals surface area contributed by atoms with Crippen LogP contribution in [0.1, 0.15) is 32.9 Å². The van der Waals surface area contributed by atoms with Gasteiger partial charge in [-0.25, -0.2) is 4.79 Å². The summed E-state index contributed by atoms with van der Waals surface area (Å²) in [4.78, 5) is 51.1. The number of nitrogens with zero attached hydrogens (tertiary/aromatic N) is 2. The number of amides is 3. The molecule has 0 unspecified atom stereocenters. The van der Waals surface area contributed by atoms with Crippen LogP contribution in [0.15, 0.2) is 59.5 Å². The number of benzene rings is 2. The lowest BCUT2D eigenvalue weighted by molar-refractivity contribution is -0.127. The Morgan fingerprint density at radius 3 is 2.44 bits per heavy atom. The van der Waals surface area contributed by atoms with Crippen LogP contribution >= 0.6 is 11.8 Å². The minimum atomic E-state index is -0.512. The smallest absolute Gasteiger partial charge is 0.337 e. The molecule has 0 saturated carbocycles. The van der Waals surface area contributed by atoms with Crippen molar-refractivity contribution in [3.8, 4) is 5.69 Å². The van der Waals surface area contributed by atoms with Crippen molar-refractivity contribution in [2.24, 2.45) is 0 Å². The molecule has 1 aromatic heterocycles. The summed E-state index contributed by atoms with van der Waals surface area (Å²) in [5.74, 6) is -1.40. The Kier molecular flexibility index (Phi) is 7.12. The molecule has 2 aromatic carbocycles. The van der Waals surface area contributed by atoms with Crippen LogP contribution in [0.2, 0.25) is 0 Å². The molecule has 4 rings (SSSR count). The number of thioether (sulfide) groups is 1. The van der Waals surface area contributed by atoms with E-state index in [4.69, 9.17) is 4.74 Å². The fourth-order valence-electron chi connectivity index (χ4n) is 3.98. The highest BCUT2D eigenvalue weighted by Gasteiger charge is 2.36. The van der Waals surface area contributed by atoms with E-state index in [2.05, 4.69) is 5.32 Å². The van der Waals surface area contributed by atoms with Gasteiger partial charge in [-0.15, -0.1) is 0 Å². The van der Waals surface area contributed by atoms with E-state index in [0.717, 1.165) is 44.9 Å². The second-order valence-corrected chi connectivity index (χ2v) is 9.38. The summed E-state index contributed by atoms with van der Waals surface area (Å²) in [6.07, 6.45) is 1.66. The molecule has 0 aliphatic carbocycles. The van der Waals surface area contributed by atoms with E-state index in [9.17, 15) is 19.2 Å². The molecule has 1 aliphatic rings.